The van der Waals surface area contributed by atoms with E-state index in [4.69, 9.17) is 10.2 Å². The molecule has 1 rings (SSSR count). The predicted molar refractivity (Wildman–Crippen MR) is 66.1 cm³/mol. The Morgan fingerprint density at radius 3 is 2.11 bits per heavy atom. The van der Waals surface area contributed by atoms with Gasteiger partial charge in [-0.1, -0.05) is 0 Å². The molecule has 0 amide bonds. The van der Waals surface area contributed by atoms with Crippen LogP contribution in [0.1, 0.15) is 5.56 Å². The topological polar surface area (TPSA) is 139 Å². The van der Waals surface area contributed by atoms with E-state index in [1.165, 1.54) is 6.92 Å². The van der Waals surface area contributed by atoms with Gasteiger partial charge >= 0.3 is 0 Å². The summed E-state index contributed by atoms with van der Waals surface area (Å²) >= 11 is 0. The number of anilines is 1. The van der Waals surface area contributed by atoms with Gasteiger partial charge in [0, 0.05) is 24.4 Å². The molecular weight excluding hydrogens is 258 g/mol. The Labute approximate surface area is 107 Å². The van der Waals surface area contributed by atoms with Gasteiger partial charge in [-0.05, 0) is 6.92 Å². The van der Waals surface area contributed by atoms with E-state index in [9.17, 15) is 20.2 Å². The fourth-order valence-electron chi connectivity index (χ4n) is 1.47. The lowest BCUT2D eigenvalue weighted by Gasteiger charge is -2.10. The molecule has 0 spiro atoms. The first kappa shape index (κ1) is 14.8. The van der Waals surface area contributed by atoms with Crippen molar-refractivity contribution in [3.63, 3.8) is 0 Å². The van der Waals surface area contributed by atoms with Gasteiger partial charge in [-0.3, -0.25) is 20.2 Å². The van der Waals surface area contributed by atoms with Crippen molar-refractivity contribution in [3.05, 3.63) is 37.9 Å². The molecule has 1 aromatic rings. The van der Waals surface area contributed by atoms with Gasteiger partial charge in [-0.15, -0.1) is 0 Å². The minimum Gasteiger partial charge on any atom is -0.394 e. The summed E-state index contributed by atoms with van der Waals surface area (Å²) in [5, 5.41) is 42.0. The third kappa shape index (κ3) is 3.60. The maximum Gasteiger partial charge on any atom is 0.281 e. The van der Waals surface area contributed by atoms with Gasteiger partial charge < -0.3 is 15.5 Å². The highest BCUT2D eigenvalue weighted by molar-refractivity contribution is 5.64. The van der Waals surface area contributed by atoms with E-state index in [0.717, 1.165) is 12.1 Å². The van der Waals surface area contributed by atoms with E-state index in [-0.39, 0.29) is 29.2 Å². The van der Waals surface area contributed by atoms with E-state index in [1.807, 2.05) is 0 Å². The van der Waals surface area contributed by atoms with E-state index < -0.39 is 22.6 Å². The molecule has 0 saturated heterocycles. The van der Waals surface area contributed by atoms with E-state index in [0.29, 0.717) is 0 Å². The van der Waals surface area contributed by atoms with E-state index >= 15 is 0 Å². The number of nitrogens with one attached hydrogen (secondary N) is 1. The van der Waals surface area contributed by atoms with Crippen LogP contribution < -0.4 is 5.32 Å². The van der Waals surface area contributed by atoms with Crippen LogP contribution in [-0.2, 0) is 0 Å². The summed E-state index contributed by atoms with van der Waals surface area (Å²) in [6.07, 6.45) is -1.06. The number of rotatable bonds is 6. The van der Waals surface area contributed by atoms with Gasteiger partial charge in [0.05, 0.1) is 22.6 Å². The number of hydrogen-bond donors (Lipinski definition) is 3. The third-order valence-corrected chi connectivity index (χ3v) is 2.50. The second-order valence-electron chi connectivity index (χ2n) is 3.87. The zero-order chi connectivity index (χ0) is 14.6. The Morgan fingerprint density at radius 2 is 1.74 bits per heavy atom. The summed E-state index contributed by atoms with van der Waals surface area (Å²) in [5.74, 6) is 0. The average molecular weight is 271 g/mol. The maximum absolute atomic E-state index is 10.8. The molecule has 0 saturated carbocycles. The number of nitrogens with zero attached hydrogens (tertiary/aromatic N) is 2. The summed E-state index contributed by atoms with van der Waals surface area (Å²) in [7, 11) is 0. The standard InChI is InChI=1S/C10H13N3O6/c1-6-9(12(16)17)2-7(3-10(6)13(18)19)11-4-8(15)5-14/h2-3,8,11,14-15H,4-5H2,1H3. The molecule has 104 valence electrons. The molecule has 0 aliphatic heterocycles. The van der Waals surface area contributed by atoms with Crippen molar-refractivity contribution >= 4 is 17.1 Å². The Kier molecular flexibility index (Phi) is 4.73. The van der Waals surface area contributed by atoms with Gasteiger partial charge in [-0.2, -0.15) is 0 Å². The van der Waals surface area contributed by atoms with Crippen LogP contribution in [0, 0.1) is 27.2 Å². The summed E-state index contributed by atoms with van der Waals surface area (Å²) in [5.41, 5.74) is -0.662. The molecule has 0 aromatic heterocycles. The van der Waals surface area contributed by atoms with Gasteiger partial charge in [0.1, 0.15) is 5.56 Å². The molecule has 9 heteroatoms. The van der Waals surface area contributed by atoms with Crippen LogP contribution in [0.15, 0.2) is 12.1 Å². The number of benzene rings is 1. The summed E-state index contributed by atoms with van der Waals surface area (Å²) in [6.45, 7) is 0.736. The molecule has 1 atom stereocenters. The van der Waals surface area contributed by atoms with Crippen LogP contribution in [0.5, 0.6) is 0 Å². The lowest BCUT2D eigenvalue weighted by Crippen LogP contribution is -2.23. The zero-order valence-corrected chi connectivity index (χ0v) is 10.1. The quantitative estimate of drug-likeness (QED) is 0.507. The predicted octanol–water partition coefficient (Wildman–Crippen LogP) is 0.577. The lowest BCUT2D eigenvalue weighted by molar-refractivity contribution is -0.395. The highest BCUT2D eigenvalue weighted by atomic mass is 16.6. The molecule has 19 heavy (non-hydrogen) atoms. The van der Waals surface area contributed by atoms with Crippen LogP contribution in [0.3, 0.4) is 0 Å². The van der Waals surface area contributed by atoms with Crippen LogP contribution in [0.25, 0.3) is 0 Å². The largest absolute Gasteiger partial charge is 0.394 e. The summed E-state index contributed by atoms with van der Waals surface area (Å²) < 4.78 is 0. The molecular formula is C10H13N3O6. The van der Waals surface area contributed by atoms with Crippen molar-refractivity contribution in [3.8, 4) is 0 Å². The second kappa shape index (κ2) is 6.07. The minimum atomic E-state index is -1.06. The van der Waals surface area contributed by atoms with Gasteiger partial charge in [-0.25, -0.2) is 0 Å². The summed E-state index contributed by atoms with van der Waals surface area (Å²) in [6, 6.07) is 2.29. The van der Waals surface area contributed by atoms with E-state index in [2.05, 4.69) is 5.32 Å². The Balaban J connectivity index is 3.12. The highest BCUT2D eigenvalue weighted by Crippen LogP contribution is 2.31. The normalized spacial score (nSPS) is 11.9. The Bertz CT molecular complexity index is 469. The van der Waals surface area contributed by atoms with Gasteiger partial charge in [0.15, 0.2) is 0 Å². The van der Waals surface area contributed by atoms with Crippen LogP contribution in [0.2, 0.25) is 0 Å². The molecule has 0 fully saturated rings. The molecule has 0 heterocycles. The monoisotopic (exact) mass is 271 g/mol. The minimum absolute atomic E-state index is 0.0387. The number of nitro groups is 2. The van der Waals surface area contributed by atoms with Gasteiger partial charge in [0.2, 0.25) is 0 Å². The maximum atomic E-state index is 10.8. The average Bonchev–Trinajstić information content (AvgIpc) is 2.36. The first-order chi connectivity index (χ1) is 8.86. The van der Waals surface area contributed by atoms with Crippen molar-refractivity contribution in [1.82, 2.24) is 0 Å². The second-order valence-corrected chi connectivity index (χ2v) is 3.87. The van der Waals surface area contributed by atoms with Crippen LogP contribution >= 0.6 is 0 Å². The number of aliphatic hydroxyl groups is 2. The third-order valence-electron chi connectivity index (χ3n) is 2.50. The molecule has 3 N–H and O–H groups in total. The van der Waals surface area contributed by atoms with Crippen molar-refractivity contribution in [1.29, 1.82) is 0 Å². The van der Waals surface area contributed by atoms with Crippen molar-refractivity contribution in [2.75, 3.05) is 18.5 Å². The van der Waals surface area contributed by atoms with Gasteiger partial charge in [0.25, 0.3) is 11.4 Å². The fraction of sp³-hybridized carbons (Fsp3) is 0.400. The van der Waals surface area contributed by atoms with Crippen molar-refractivity contribution in [2.45, 2.75) is 13.0 Å². The SMILES string of the molecule is Cc1c([N+](=O)[O-])cc(NCC(O)CO)cc1[N+](=O)[O-]. The number of aliphatic hydroxyl groups excluding tert-OH is 2. The Morgan fingerprint density at radius 1 is 1.26 bits per heavy atom. The molecule has 0 bridgehead atoms. The first-order valence-corrected chi connectivity index (χ1v) is 5.33. The van der Waals surface area contributed by atoms with Crippen molar-refractivity contribution in [2.24, 2.45) is 0 Å². The summed E-state index contributed by atoms with van der Waals surface area (Å²) in [4.78, 5) is 20.2. The Hall–Kier alpha value is -2.26. The molecule has 9 nitrogen and oxygen atoms in total. The van der Waals surface area contributed by atoms with E-state index in [1.54, 1.807) is 0 Å². The fourth-order valence-corrected chi connectivity index (χ4v) is 1.47. The molecule has 1 aromatic carbocycles. The van der Waals surface area contributed by atoms with Crippen LogP contribution in [-0.4, -0.2) is 39.3 Å². The number of nitro benzene ring substituents is 2. The molecule has 0 aliphatic rings. The zero-order valence-electron chi connectivity index (χ0n) is 10.1. The molecule has 0 aliphatic carbocycles. The first-order valence-electron chi connectivity index (χ1n) is 5.33. The molecule has 0 radical (unpaired) electrons. The highest BCUT2D eigenvalue weighted by Gasteiger charge is 2.23. The molecule has 1 unspecified atom stereocenters. The number of hydrogen-bond acceptors (Lipinski definition) is 7. The van der Waals surface area contributed by atoms with Crippen LogP contribution in [0.4, 0.5) is 17.1 Å². The smallest absolute Gasteiger partial charge is 0.281 e. The van der Waals surface area contributed by atoms with Crippen molar-refractivity contribution < 1.29 is 20.1 Å². The lowest BCUT2D eigenvalue weighted by atomic mass is 10.1.